The summed E-state index contributed by atoms with van der Waals surface area (Å²) in [6, 6.07) is 11.0. The second-order valence-corrected chi connectivity index (χ2v) is 6.79. The summed E-state index contributed by atoms with van der Waals surface area (Å²) >= 11 is 17.5. The molecular formula is C18H15Cl3N2O3. The topological polar surface area (TPSA) is 75.3 Å². The summed E-state index contributed by atoms with van der Waals surface area (Å²) < 4.78 is 0. The van der Waals surface area contributed by atoms with Crippen LogP contribution in [-0.2, 0) is 14.4 Å². The zero-order valence-electron chi connectivity index (χ0n) is 13.7. The normalized spacial score (nSPS) is 11.5. The molecule has 0 saturated carbocycles. The highest BCUT2D eigenvalue weighted by atomic mass is 35.5. The van der Waals surface area contributed by atoms with Crippen molar-refractivity contribution in [1.29, 1.82) is 0 Å². The van der Waals surface area contributed by atoms with E-state index in [0.717, 1.165) is 0 Å². The van der Waals surface area contributed by atoms with Gasteiger partial charge in [0.1, 0.15) is 11.7 Å². The van der Waals surface area contributed by atoms with Gasteiger partial charge in [-0.3, -0.25) is 14.4 Å². The lowest BCUT2D eigenvalue weighted by Crippen LogP contribution is -2.32. The molecule has 136 valence electrons. The van der Waals surface area contributed by atoms with Crippen molar-refractivity contribution in [3.8, 4) is 0 Å². The minimum Gasteiger partial charge on any atom is -0.326 e. The Morgan fingerprint density at radius 2 is 1.50 bits per heavy atom. The van der Waals surface area contributed by atoms with Gasteiger partial charge in [-0.05, 0) is 49.4 Å². The fraction of sp³-hybridized carbons (Fsp3) is 0.167. The molecule has 1 atom stereocenters. The Kier molecular flexibility index (Phi) is 7.03. The average Bonchev–Trinajstić information content (AvgIpc) is 2.57. The Labute approximate surface area is 165 Å². The molecule has 0 saturated heterocycles. The lowest BCUT2D eigenvalue weighted by atomic mass is 9.99. The van der Waals surface area contributed by atoms with Gasteiger partial charge >= 0.3 is 0 Å². The Morgan fingerprint density at radius 1 is 0.885 bits per heavy atom. The lowest BCUT2D eigenvalue weighted by molar-refractivity contribution is -0.133. The molecule has 26 heavy (non-hydrogen) atoms. The minimum atomic E-state index is -1.12. The van der Waals surface area contributed by atoms with Crippen molar-refractivity contribution < 1.29 is 14.4 Å². The van der Waals surface area contributed by atoms with E-state index >= 15 is 0 Å². The van der Waals surface area contributed by atoms with E-state index < -0.39 is 23.5 Å². The van der Waals surface area contributed by atoms with Crippen molar-refractivity contribution in [2.24, 2.45) is 5.92 Å². The van der Waals surface area contributed by atoms with Crippen molar-refractivity contribution in [2.75, 3.05) is 10.6 Å². The standard InChI is InChI=1S/C18H15Cl3N2O3/c1-10(24)14(18(26)23-12-4-2-11(19)3-5-12)9-17(25)22-13-6-7-15(20)16(21)8-13/h2-8,14H,9H2,1H3,(H,22,25)(H,23,26)/t14-/m1/s1. The number of halogens is 3. The number of carbonyl (C=O) groups is 3. The van der Waals surface area contributed by atoms with Crippen LogP contribution in [-0.4, -0.2) is 17.6 Å². The third kappa shape index (κ3) is 5.73. The zero-order chi connectivity index (χ0) is 19.3. The van der Waals surface area contributed by atoms with Gasteiger partial charge in [-0.25, -0.2) is 0 Å². The maximum Gasteiger partial charge on any atom is 0.235 e. The van der Waals surface area contributed by atoms with E-state index in [0.29, 0.717) is 21.4 Å². The first-order chi connectivity index (χ1) is 12.3. The maximum atomic E-state index is 12.3. The smallest absolute Gasteiger partial charge is 0.235 e. The zero-order valence-corrected chi connectivity index (χ0v) is 16.0. The predicted molar refractivity (Wildman–Crippen MR) is 104 cm³/mol. The molecule has 0 fully saturated rings. The summed E-state index contributed by atoms with van der Waals surface area (Å²) in [5.41, 5.74) is 0.903. The molecule has 5 nitrogen and oxygen atoms in total. The first kappa shape index (κ1) is 20.2. The van der Waals surface area contributed by atoms with Crippen LogP contribution in [0, 0.1) is 5.92 Å². The largest absolute Gasteiger partial charge is 0.326 e. The SMILES string of the molecule is CC(=O)[C@@H](CC(=O)Nc1ccc(Cl)c(Cl)c1)C(=O)Nc1ccc(Cl)cc1. The Morgan fingerprint density at radius 3 is 2.08 bits per heavy atom. The van der Waals surface area contributed by atoms with Crippen molar-refractivity contribution in [3.63, 3.8) is 0 Å². The lowest BCUT2D eigenvalue weighted by Gasteiger charge is -2.14. The number of Topliss-reactive ketones (excluding diaryl/α,β-unsaturated/α-hetero) is 1. The molecule has 0 unspecified atom stereocenters. The van der Waals surface area contributed by atoms with E-state index in [2.05, 4.69) is 10.6 Å². The second-order valence-electron chi connectivity index (χ2n) is 5.54. The quantitative estimate of drug-likeness (QED) is 0.667. The number of rotatable bonds is 6. The van der Waals surface area contributed by atoms with E-state index in [1.165, 1.54) is 19.1 Å². The Balaban J connectivity index is 2.03. The molecule has 0 heterocycles. The molecular weight excluding hydrogens is 399 g/mol. The van der Waals surface area contributed by atoms with Gasteiger partial charge in [0, 0.05) is 22.8 Å². The third-order valence-electron chi connectivity index (χ3n) is 3.51. The summed E-state index contributed by atoms with van der Waals surface area (Å²) in [6.07, 6.45) is -0.297. The summed E-state index contributed by atoms with van der Waals surface area (Å²) in [4.78, 5) is 36.3. The van der Waals surface area contributed by atoms with Crippen molar-refractivity contribution in [2.45, 2.75) is 13.3 Å². The minimum absolute atomic E-state index is 0.285. The van der Waals surface area contributed by atoms with Crippen LogP contribution in [0.25, 0.3) is 0 Å². The van der Waals surface area contributed by atoms with Gasteiger partial charge in [0.25, 0.3) is 0 Å². The summed E-state index contributed by atoms with van der Waals surface area (Å²) in [5, 5.41) is 6.35. The number of anilines is 2. The van der Waals surface area contributed by atoms with E-state index in [9.17, 15) is 14.4 Å². The van der Waals surface area contributed by atoms with Crippen LogP contribution in [0.1, 0.15) is 13.3 Å². The van der Waals surface area contributed by atoms with Crippen LogP contribution < -0.4 is 10.6 Å². The van der Waals surface area contributed by atoms with Crippen LogP contribution in [0.15, 0.2) is 42.5 Å². The van der Waals surface area contributed by atoms with Gasteiger partial charge in [0.2, 0.25) is 11.8 Å². The van der Waals surface area contributed by atoms with Crippen LogP contribution in [0.5, 0.6) is 0 Å². The van der Waals surface area contributed by atoms with Gasteiger partial charge in [-0.2, -0.15) is 0 Å². The number of hydrogen-bond donors (Lipinski definition) is 2. The highest BCUT2D eigenvalue weighted by Gasteiger charge is 2.26. The van der Waals surface area contributed by atoms with E-state index in [-0.39, 0.29) is 11.4 Å². The van der Waals surface area contributed by atoms with Gasteiger partial charge in [-0.1, -0.05) is 34.8 Å². The molecule has 2 amide bonds. The first-order valence-corrected chi connectivity index (χ1v) is 8.71. The molecule has 0 aliphatic heterocycles. The number of hydrogen-bond acceptors (Lipinski definition) is 3. The number of nitrogens with one attached hydrogen (secondary N) is 2. The third-order valence-corrected chi connectivity index (χ3v) is 4.50. The van der Waals surface area contributed by atoms with Crippen LogP contribution in [0.4, 0.5) is 11.4 Å². The van der Waals surface area contributed by atoms with Crippen LogP contribution >= 0.6 is 34.8 Å². The molecule has 0 bridgehead atoms. The highest BCUT2D eigenvalue weighted by molar-refractivity contribution is 6.42. The summed E-state index contributed by atoms with van der Waals surface area (Å²) in [6.45, 7) is 1.26. The molecule has 0 radical (unpaired) electrons. The maximum absolute atomic E-state index is 12.3. The number of amides is 2. The van der Waals surface area contributed by atoms with Crippen molar-refractivity contribution in [1.82, 2.24) is 0 Å². The van der Waals surface area contributed by atoms with Crippen LogP contribution in [0.2, 0.25) is 15.1 Å². The monoisotopic (exact) mass is 412 g/mol. The highest BCUT2D eigenvalue weighted by Crippen LogP contribution is 2.25. The fourth-order valence-electron chi connectivity index (χ4n) is 2.15. The van der Waals surface area contributed by atoms with E-state index in [1.807, 2.05) is 0 Å². The Hall–Kier alpha value is -2.08. The first-order valence-electron chi connectivity index (χ1n) is 7.58. The molecule has 2 aromatic rings. The van der Waals surface area contributed by atoms with Crippen molar-refractivity contribution >= 4 is 63.8 Å². The summed E-state index contributed by atoms with van der Waals surface area (Å²) in [5.74, 6) is -2.59. The Bertz CT molecular complexity index is 838. The van der Waals surface area contributed by atoms with Gasteiger partial charge in [0.05, 0.1) is 10.0 Å². The molecule has 2 rings (SSSR count). The van der Waals surface area contributed by atoms with Crippen LogP contribution in [0.3, 0.4) is 0 Å². The van der Waals surface area contributed by atoms with Gasteiger partial charge < -0.3 is 10.6 Å². The molecule has 2 N–H and O–H groups in total. The molecule has 0 aromatic heterocycles. The van der Waals surface area contributed by atoms with Gasteiger partial charge in [-0.15, -0.1) is 0 Å². The molecule has 0 aliphatic carbocycles. The summed E-state index contributed by atoms with van der Waals surface area (Å²) in [7, 11) is 0. The number of carbonyl (C=O) groups excluding carboxylic acids is 3. The molecule has 0 spiro atoms. The number of ketones is 1. The second kappa shape index (κ2) is 9.03. The molecule has 0 aliphatic rings. The van der Waals surface area contributed by atoms with Gasteiger partial charge in [0.15, 0.2) is 0 Å². The van der Waals surface area contributed by atoms with E-state index in [4.69, 9.17) is 34.8 Å². The molecule has 8 heteroatoms. The predicted octanol–water partition coefficient (Wildman–Crippen LogP) is 4.82. The molecule has 2 aromatic carbocycles. The number of benzene rings is 2. The van der Waals surface area contributed by atoms with Crippen molar-refractivity contribution in [3.05, 3.63) is 57.5 Å². The fourth-order valence-corrected chi connectivity index (χ4v) is 2.58. The van der Waals surface area contributed by atoms with E-state index in [1.54, 1.807) is 30.3 Å². The average molecular weight is 414 g/mol.